The van der Waals surface area contributed by atoms with Gasteiger partial charge in [0.1, 0.15) is 0 Å². The van der Waals surface area contributed by atoms with E-state index in [1.54, 1.807) is 0 Å². The Morgan fingerprint density at radius 2 is 1.90 bits per heavy atom. The molecule has 21 heavy (non-hydrogen) atoms. The highest BCUT2D eigenvalue weighted by Crippen LogP contribution is 2.31. The van der Waals surface area contributed by atoms with Crippen LogP contribution in [0.1, 0.15) is 48.4 Å². The third kappa shape index (κ3) is 3.30. The number of nitrogens with one attached hydrogen (secondary N) is 1. The first-order valence-electron chi connectivity index (χ1n) is 7.81. The largest absolute Gasteiger partial charge is 0.310 e. The van der Waals surface area contributed by atoms with Crippen molar-refractivity contribution in [2.45, 2.75) is 38.1 Å². The standard InChI is InChI=1S/C19H22ClN/c1-14(17-10-4-5-12-19(17)20)21-13-16-9-6-8-15-7-2-3-11-18(15)16/h2-5,7,10-12,14,16,21H,6,8-9,13H2,1H3/t14-,16?/m0/s1. The minimum atomic E-state index is 0.285. The van der Waals surface area contributed by atoms with Gasteiger partial charge in [-0.1, -0.05) is 54.1 Å². The zero-order valence-electron chi connectivity index (χ0n) is 12.5. The topological polar surface area (TPSA) is 12.0 Å². The molecule has 0 radical (unpaired) electrons. The summed E-state index contributed by atoms with van der Waals surface area (Å²) in [4.78, 5) is 0. The maximum absolute atomic E-state index is 6.28. The lowest BCUT2D eigenvalue weighted by Crippen LogP contribution is -2.27. The lowest BCUT2D eigenvalue weighted by atomic mass is 9.82. The average Bonchev–Trinajstić information content (AvgIpc) is 2.53. The number of benzene rings is 2. The molecule has 0 aliphatic heterocycles. The fourth-order valence-electron chi connectivity index (χ4n) is 3.32. The fraction of sp³-hybridized carbons (Fsp3) is 0.368. The van der Waals surface area contributed by atoms with E-state index >= 15 is 0 Å². The summed E-state index contributed by atoms with van der Waals surface area (Å²) in [6, 6.07) is 17.3. The average molecular weight is 300 g/mol. The molecule has 0 bridgehead atoms. The summed E-state index contributed by atoms with van der Waals surface area (Å²) < 4.78 is 0. The van der Waals surface area contributed by atoms with Crippen molar-refractivity contribution >= 4 is 11.6 Å². The molecule has 1 aliphatic rings. The molecule has 0 saturated carbocycles. The third-order valence-corrected chi connectivity index (χ3v) is 4.88. The molecule has 2 aromatic rings. The maximum atomic E-state index is 6.28. The molecule has 0 heterocycles. The summed E-state index contributed by atoms with van der Waals surface area (Å²) in [6.45, 7) is 3.21. The zero-order valence-corrected chi connectivity index (χ0v) is 13.2. The molecule has 2 aromatic carbocycles. The van der Waals surface area contributed by atoms with E-state index in [-0.39, 0.29) is 6.04 Å². The number of hydrogen-bond donors (Lipinski definition) is 1. The van der Waals surface area contributed by atoms with Gasteiger partial charge in [-0.15, -0.1) is 0 Å². The van der Waals surface area contributed by atoms with Gasteiger partial charge in [-0.3, -0.25) is 0 Å². The molecule has 2 heteroatoms. The molecular weight excluding hydrogens is 278 g/mol. The predicted octanol–water partition coefficient (Wildman–Crippen LogP) is 5.11. The van der Waals surface area contributed by atoms with Crippen molar-refractivity contribution in [1.82, 2.24) is 5.32 Å². The molecule has 0 fully saturated rings. The van der Waals surface area contributed by atoms with Crippen molar-refractivity contribution in [3.8, 4) is 0 Å². The van der Waals surface area contributed by atoms with Crippen molar-refractivity contribution < 1.29 is 0 Å². The molecule has 0 aromatic heterocycles. The van der Waals surface area contributed by atoms with Crippen LogP contribution in [-0.4, -0.2) is 6.54 Å². The van der Waals surface area contributed by atoms with Gasteiger partial charge in [0.2, 0.25) is 0 Å². The molecule has 2 atom stereocenters. The van der Waals surface area contributed by atoms with Gasteiger partial charge >= 0.3 is 0 Å². The Labute approximate surface area is 132 Å². The molecule has 1 unspecified atom stereocenters. The molecule has 0 saturated heterocycles. The van der Waals surface area contributed by atoms with Crippen molar-refractivity contribution in [3.05, 3.63) is 70.2 Å². The highest BCUT2D eigenvalue weighted by atomic mass is 35.5. The van der Waals surface area contributed by atoms with Gasteiger partial charge < -0.3 is 5.32 Å². The van der Waals surface area contributed by atoms with Gasteiger partial charge in [0.15, 0.2) is 0 Å². The van der Waals surface area contributed by atoms with Crippen LogP contribution in [0.5, 0.6) is 0 Å². The SMILES string of the molecule is C[C@H](NCC1CCCc2ccccc21)c1ccccc1Cl. The summed E-state index contributed by atoms with van der Waals surface area (Å²) in [5.74, 6) is 0.625. The Bertz CT molecular complexity index is 608. The number of hydrogen-bond acceptors (Lipinski definition) is 1. The van der Waals surface area contributed by atoms with Crippen LogP contribution in [0, 0.1) is 0 Å². The summed E-state index contributed by atoms with van der Waals surface area (Å²) in [7, 11) is 0. The molecule has 0 amide bonds. The van der Waals surface area contributed by atoms with Gasteiger partial charge in [-0.05, 0) is 54.9 Å². The second-order valence-corrected chi connectivity index (χ2v) is 6.35. The highest BCUT2D eigenvalue weighted by Gasteiger charge is 2.20. The molecule has 1 nitrogen and oxygen atoms in total. The number of fused-ring (bicyclic) bond motifs is 1. The second kappa shape index (κ2) is 6.64. The van der Waals surface area contributed by atoms with Crippen molar-refractivity contribution in [1.29, 1.82) is 0 Å². The number of halogens is 1. The fourth-order valence-corrected chi connectivity index (χ4v) is 3.62. The van der Waals surface area contributed by atoms with Crippen LogP contribution in [-0.2, 0) is 6.42 Å². The Morgan fingerprint density at radius 1 is 1.14 bits per heavy atom. The monoisotopic (exact) mass is 299 g/mol. The van der Waals surface area contributed by atoms with E-state index < -0.39 is 0 Å². The van der Waals surface area contributed by atoms with Crippen LogP contribution in [0.25, 0.3) is 0 Å². The Balaban J connectivity index is 1.67. The first-order valence-corrected chi connectivity index (χ1v) is 8.19. The van der Waals surface area contributed by atoms with Gasteiger partial charge in [0.05, 0.1) is 0 Å². The van der Waals surface area contributed by atoms with Gasteiger partial charge in [0.25, 0.3) is 0 Å². The van der Waals surface area contributed by atoms with Crippen molar-refractivity contribution in [3.63, 3.8) is 0 Å². The Hall–Kier alpha value is -1.31. The van der Waals surface area contributed by atoms with Crippen molar-refractivity contribution in [2.75, 3.05) is 6.54 Å². The van der Waals surface area contributed by atoms with E-state index in [0.29, 0.717) is 5.92 Å². The van der Waals surface area contributed by atoms with Crippen LogP contribution in [0.15, 0.2) is 48.5 Å². The number of rotatable bonds is 4. The first kappa shape index (κ1) is 14.6. The Morgan fingerprint density at radius 3 is 2.76 bits per heavy atom. The molecular formula is C19H22ClN. The quantitative estimate of drug-likeness (QED) is 0.827. The smallest absolute Gasteiger partial charge is 0.0453 e. The minimum absolute atomic E-state index is 0.285. The van der Waals surface area contributed by atoms with Crippen LogP contribution in [0.2, 0.25) is 5.02 Å². The maximum Gasteiger partial charge on any atom is 0.0453 e. The summed E-state index contributed by atoms with van der Waals surface area (Å²) in [5, 5.41) is 4.51. The van der Waals surface area contributed by atoms with Gasteiger partial charge in [0, 0.05) is 17.6 Å². The summed E-state index contributed by atoms with van der Waals surface area (Å²) in [6.07, 6.45) is 3.80. The normalized spacial score (nSPS) is 19.0. The van der Waals surface area contributed by atoms with Crippen LogP contribution in [0.3, 0.4) is 0 Å². The van der Waals surface area contributed by atoms with Gasteiger partial charge in [-0.2, -0.15) is 0 Å². The van der Waals surface area contributed by atoms with Crippen molar-refractivity contribution in [2.24, 2.45) is 0 Å². The third-order valence-electron chi connectivity index (χ3n) is 4.54. The van der Waals surface area contributed by atoms with E-state index in [0.717, 1.165) is 11.6 Å². The lowest BCUT2D eigenvalue weighted by Gasteiger charge is -2.27. The van der Waals surface area contributed by atoms with E-state index in [1.807, 2.05) is 12.1 Å². The predicted molar refractivity (Wildman–Crippen MR) is 90.0 cm³/mol. The number of aryl methyl sites for hydroxylation is 1. The van der Waals surface area contributed by atoms with Gasteiger partial charge in [-0.25, -0.2) is 0 Å². The van der Waals surface area contributed by atoms with E-state index in [4.69, 9.17) is 11.6 Å². The zero-order chi connectivity index (χ0) is 14.7. The second-order valence-electron chi connectivity index (χ2n) is 5.94. The van der Waals surface area contributed by atoms with E-state index in [2.05, 4.69) is 48.6 Å². The lowest BCUT2D eigenvalue weighted by molar-refractivity contribution is 0.473. The van der Waals surface area contributed by atoms with E-state index in [1.165, 1.54) is 36.0 Å². The molecule has 1 N–H and O–H groups in total. The molecule has 110 valence electrons. The van der Waals surface area contributed by atoms with Crippen LogP contribution in [0.4, 0.5) is 0 Å². The Kier molecular flexibility index (Phi) is 4.62. The molecule has 1 aliphatic carbocycles. The van der Waals surface area contributed by atoms with E-state index in [9.17, 15) is 0 Å². The van der Waals surface area contributed by atoms with Crippen LogP contribution < -0.4 is 5.32 Å². The molecule has 0 spiro atoms. The summed E-state index contributed by atoms with van der Waals surface area (Å²) >= 11 is 6.28. The summed E-state index contributed by atoms with van der Waals surface area (Å²) in [5.41, 5.74) is 4.24. The van der Waals surface area contributed by atoms with Crippen LogP contribution >= 0.6 is 11.6 Å². The first-order chi connectivity index (χ1) is 10.3. The highest BCUT2D eigenvalue weighted by molar-refractivity contribution is 6.31. The minimum Gasteiger partial charge on any atom is -0.310 e. The molecule has 3 rings (SSSR count).